The molecule has 0 amide bonds. The standard InChI is InChI=1S/C12H16N4Se/c1-2-3-4-8-17-12-15-10(13)9-6-5-7-14-11(9)16-12/h5-7H,2-4,8H2,1H3,(H2,13,14,15,16). The first kappa shape index (κ1) is 12.3. The van der Waals surface area contributed by atoms with Gasteiger partial charge in [0.25, 0.3) is 0 Å². The van der Waals surface area contributed by atoms with Gasteiger partial charge >= 0.3 is 107 Å². The molecule has 0 saturated heterocycles. The molecule has 2 heterocycles. The van der Waals surface area contributed by atoms with Crippen molar-refractivity contribution in [2.45, 2.75) is 31.5 Å². The van der Waals surface area contributed by atoms with Gasteiger partial charge in [0.05, 0.1) is 0 Å². The van der Waals surface area contributed by atoms with Crippen LogP contribution in [-0.2, 0) is 0 Å². The van der Waals surface area contributed by atoms with Crippen molar-refractivity contribution in [3.05, 3.63) is 18.3 Å². The molecule has 0 aliphatic heterocycles. The number of nitrogens with two attached hydrogens (primary N) is 1. The summed E-state index contributed by atoms with van der Waals surface area (Å²) in [4.78, 5) is 13.0. The molecule has 0 fully saturated rings. The molecular weight excluding hydrogens is 279 g/mol. The molecule has 90 valence electrons. The molecule has 2 rings (SSSR count). The molecule has 0 atom stereocenters. The molecule has 4 nitrogen and oxygen atoms in total. The SMILES string of the molecule is CCCCC[Se]c1nc(N)c2cccnc2n1. The summed E-state index contributed by atoms with van der Waals surface area (Å²) in [5, 5.41) is 2.03. The number of fused-ring (bicyclic) bond motifs is 1. The molecule has 0 spiro atoms. The number of hydrogen-bond donors (Lipinski definition) is 1. The molecule has 0 radical (unpaired) electrons. The van der Waals surface area contributed by atoms with E-state index in [-0.39, 0.29) is 0 Å². The summed E-state index contributed by atoms with van der Waals surface area (Å²) in [5.74, 6) is 0.551. The molecule has 0 aliphatic carbocycles. The van der Waals surface area contributed by atoms with Gasteiger partial charge in [-0.25, -0.2) is 0 Å². The summed E-state index contributed by atoms with van der Waals surface area (Å²) >= 11 is 0.314. The third-order valence-corrected chi connectivity index (χ3v) is 4.42. The van der Waals surface area contributed by atoms with Gasteiger partial charge in [-0.2, -0.15) is 0 Å². The quantitative estimate of drug-likeness (QED) is 0.671. The Kier molecular flexibility index (Phi) is 4.29. The second-order valence-electron chi connectivity index (χ2n) is 3.82. The van der Waals surface area contributed by atoms with Crippen LogP contribution in [0.25, 0.3) is 11.0 Å². The predicted molar refractivity (Wildman–Crippen MR) is 71.5 cm³/mol. The fraction of sp³-hybridized carbons (Fsp3) is 0.417. The molecule has 17 heavy (non-hydrogen) atoms. The van der Waals surface area contributed by atoms with E-state index in [2.05, 4.69) is 21.9 Å². The predicted octanol–water partition coefficient (Wildman–Crippen LogP) is 1.54. The number of unbranched alkanes of at least 4 members (excludes halogenated alkanes) is 2. The Bertz CT molecular complexity index is 501. The zero-order chi connectivity index (χ0) is 12.1. The number of nitrogens with zero attached hydrogens (tertiary/aromatic N) is 3. The van der Waals surface area contributed by atoms with Crippen LogP contribution in [0.3, 0.4) is 0 Å². The number of pyridine rings is 1. The third-order valence-electron chi connectivity index (χ3n) is 2.46. The topological polar surface area (TPSA) is 64.7 Å². The molecule has 5 heteroatoms. The zero-order valence-corrected chi connectivity index (χ0v) is 11.6. The number of rotatable bonds is 5. The van der Waals surface area contributed by atoms with Crippen LogP contribution in [0.2, 0.25) is 5.32 Å². The van der Waals surface area contributed by atoms with E-state index in [0.717, 1.165) is 10.1 Å². The van der Waals surface area contributed by atoms with Gasteiger partial charge in [-0.05, 0) is 0 Å². The van der Waals surface area contributed by atoms with Gasteiger partial charge in [0, 0.05) is 0 Å². The number of anilines is 1. The van der Waals surface area contributed by atoms with Crippen molar-refractivity contribution in [1.82, 2.24) is 15.0 Å². The van der Waals surface area contributed by atoms with Crippen molar-refractivity contribution in [2.75, 3.05) is 5.73 Å². The van der Waals surface area contributed by atoms with E-state index in [9.17, 15) is 0 Å². The monoisotopic (exact) mass is 296 g/mol. The second-order valence-corrected chi connectivity index (χ2v) is 6.05. The minimum atomic E-state index is 0.314. The average molecular weight is 295 g/mol. The number of aromatic nitrogens is 3. The number of hydrogen-bond acceptors (Lipinski definition) is 4. The van der Waals surface area contributed by atoms with Crippen molar-refractivity contribution in [1.29, 1.82) is 0 Å². The molecule has 2 aromatic rings. The normalized spacial score (nSPS) is 10.9. The van der Waals surface area contributed by atoms with E-state index in [1.54, 1.807) is 6.20 Å². The van der Waals surface area contributed by atoms with Crippen LogP contribution in [0.4, 0.5) is 5.82 Å². The Morgan fingerprint density at radius 1 is 1.29 bits per heavy atom. The van der Waals surface area contributed by atoms with Crippen LogP contribution in [-0.4, -0.2) is 29.9 Å². The Labute approximate surface area is 107 Å². The number of nitrogen functional groups attached to an aromatic ring is 1. The van der Waals surface area contributed by atoms with Gasteiger partial charge in [0.2, 0.25) is 0 Å². The van der Waals surface area contributed by atoms with Crippen molar-refractivity contribution in [2.24, 2.45) is 0 Å². The molecule has 0 aromatic carbocycles. The summed E-state index contributed by atoms with van der Waals surface area (Å²) < 4.78 is 0.873. The minimum absolute atomic E-state index is 0.314. The van der Waals surface area contributed by atoms with Gasteiger partial charge in [-0.15, -0.1) is 0 Å². The van der Waals surface area contributed by atoms with E-state index in [0.29, 0.717) is 26.4 Å². The summed E-state index contributed by atoms with van der Waals surface area (Å²) in [6, 6.07) is 3.76. The molecule has 2 aromatic heterocycles. The Hall–Kier alpha value is -1.19. The molecule has 2 N–H and O–H groups in total. The van der Waals surface area contributed by atoms with E-state index in [1.165, 1.54) is 24.6 Å². The molecular formula is C12H16N4Se. The molecule has 0 saturated carbocycles. The second kappa shape index (κ2) is 5.94. The van der Waals surface area contributed by atoms with Gasteiger partial charge in [0.15, 0.2) is 0 Å². The van der Waals surface area contributed by atoms with Crippen LogP contribution in [0.15, 0.2) is 18.3 Å². The van der Waals surface area contributed by atoms with E-state index in [1.807, 2.05) is 12.1 Å². The van der Waals surface area contributed by atoms with Crippen LogP contribution in [0.5, 0.6) is 0 Å². The Morgan fingerprint density at radius 3 is 3.00 bits per heavy atom. The fourth-order valence-corrected chi connectivity index (χ4v) is 3.32. The van der Waals surface area contributed by atoms with Crippen molar-refractivity contribution < 1.29 is 0 Å². The Morgan fingerprint density at radius 2 is 2.18 bits per heavy atom. The van der Waals surface area contributed by atoms with Crippen LogP contribution in [0.1, 0.15) is 26.2 Å². The van der Waals surface area contributed by atoms with Crippen LogP contribution >= 0.6 is 0 Å². The van der Waals surface area contributed by atoms with Gasteiger partial charge in [0.1, 0.15) is 0 Å². The third kappa shape index (κ3) is 3.14. The van der Waals surface area contributed by atoms with Crippen molar-refractivity contribution >= 4 is 36.5 Å². The maximum absolute atomic E-state index is 5.91. The fourth-order valence-electron chi connectivity index (χ4n) is 1.54. The van der Waals surface area contributed by atoms with E-state index in [4.69, 9.17) is 5.73 Å². The van der Waals surface area contributed by atoms with Crippen LogP contribution < -0.4 is 10.5 Å². The summed E-state index contributed by atoms with van der Waals surface area (Å²) in [6.07, 6.45) is 5.52. The average Bonchev–Trinajstić information content (AvgIpc) is 2.35. The van der Waals surface area contributed by atoms with Crippen molar-refractivity contribution in [3.63, 3.8) is 0 Å². The maximum atomic E-state index is 5.91. The summed E-state index contributed by atoms with van der Waals surface area (Å²) in [7, 11) is 0. The van der Waals surface area contributed by atoms with Gasteiger partial charge in [-0.3, -0.25) is 0 Å². The zero-order valence-electron chi connectivity index (χ0n) is 9.89. The summed E-state index contributed by atoms with van der Waals surface area (Å²) in [5.41, 5.74) is 6.62. The first-order chi connectivity index (χ1) is 8.31. The van der Waals surface area contributed by atoms with Crippen molar-refractivity contribution in [3.8, 4) is 0 Å². The first-order valence-corrected chi connectivity index (χ1v) is 7.89. The molecule has 0 unspecified atom stereocenters. The Balaban J connectivity index is 2.13. The first-order valence-electron chi connectivity index (χ1n) is 5.82. The van der Waals surface area contributed by atoms with E-state index >= 15 is 0 Å². The van der Waals surface area contributed by atoms with Gasteiger partial charge in [-0.1, -0.05) is 0 Å². The molecule has 0 aliphatic rings. The van der Waals surface area contributed by atoms with Gasteiger partial charge < -0.3 is 0 Å². The van der Waals surface area contributed by atoms with Crippen LogP contribution in [0, 0.1) is 0 Å². The van der Waals surface area contributed by atoms with E-state index < -0.39 is 0 Å². The summed E-state index contributed by atoms with van der Waals surface area (Å²) in [6.45, 7) is 2.21. The molecule has 0 bridgehead atoms.